The van der Waals surface area contributed by atoms with Crippen LogP contribution in [0.5, 0.6) is 0 Å². The number of hydrogen-bond donors (Lipinski definition) is 1. The Kier molecular flexibility index (Phi) is 4.77. The van der Waals surface area contributed by atoms with Crippen LogP contribution in [0, 0.1) is 0 Å². The van der Waals surface area contributed by atoms with E-state index in [2.05, 4.69) is 9.72 Å². The molecule has 0 aliphatic heterocycles. The maximum Gasteiger partial charge on any atom is 0.310 e. The van der Waals surface area contributed by atoms with E-state index in [9.17, 15) is 13.6 Å². The van der Waals surface area contributed by atoms with Gasteiger partial charge in [0.1, 0.15) is 5.69 Å². The Morgan fingerprint density at radius 2 is 2.24 bits per heavy atom. The largest absolute Gasteiger partial charge is 0.469 e. The highest BCUT2D eigenvalue weighted by molar-refractivity contribution is 6.31. The van der Waals surface area contributed by atoms with Gasteiger partial charge in [-0.1, -0.05) is 11.6 Å². The fourth-order valence-electron chi connectivity index (χ4n) is 1.40. The molecule has 1 aromatic heterocycles. The molecular formula is C10H11ClF2N2O2. The van der Waals surface area contributed by atoms with Gasteiger partial charge in [0.25, 0.3) is 6.43 Å². The molecular weight excluding hydrogens is 254 g/mol. The molecule has 0 aliphatic carbocycles. The summed E-state index contributed by atoms with van der Waals surface area (Å²) < 4.78 is 29.8. The summed E-state index contributed by atoms with van der Waals surface area (Å²) in [6.45, 7) is -0.167. The van der Waals surface area contributed by atoms with Gasteiger partial charge in [-0.2, -0.15) is 0 Å². The Hall–Kier alpha value is -1.27. The highest BCUT2D eigenvalue weighted by atomic mass is 35.5. The second kappa shape index (κ2) is 5.88. The summed E-state index contributed by atoms with van der Waals surface area (Å²) in [6.07, 6.45) is -1.88. The van der Waals surface area contributed by atoms with Crippen molar-refractivity contribution >= 4 is 17.6 Å². The van der Waals surface area contributed by atoms with Crippen LogP contribution in [0.3, 0.4) is 0 Å². The molecule has 0 saturated carbocycles. The molecule has 0 unspecified atom stereocenters. The minimum atomic E-state index is -2.76. The van der Waals surface area contributed by atoms with Crippen molar-refractivity contribution in [1.82, 2.24) is 4.98 Å². The first-order valence-electron chi connectivity index (χ1n) is 4.72. The summed E-state index contributed by atoms with van der Waals surface area (Å²) in [5.41, 5.74) is 5.28. The Bertz CT molecular complexity index is 427. The summed E-state index contributed by atoms with van der Waals surface area (Å²) >= 11 is 5.82. The first-order chi connectivity index (χ1) is 8.01. The zero-order valence-electron chi connectivity index (χ0n) is 9.04. The third kappa shape index (κ3) is 3.10. The zero-order chi connectivity index (χ0) is 13.0. The second-order valence-corrected chi connectivity index (χ2v) is 3.61. The first kappa shape index (κ1) is 13.8. The molecule has 0 radical (unpaired) electrons. The van der Waals surface area contributed by atoms with Gasteiger partial charge in [0, 0.05) is 12.7 Å². The molecule has 4 nitrogen and oxygen atoms in total. The van der Waals surface area contributed by atoms with Gasteiger partial charge in [-0.3, -0.25) is 9.78 Å². The summed E-state index contributed by atoms with van der Waals surface area (Å²) in [7, 11) is 1.20. The zero-order valence-corrected chi connectivity index (χ0v) is 9.80. The van der Waals surface area contributed by atoms with Crippen molar-refractivity contribution in [3.05, 3.63) is 28.0 Å². The summed E-state index contributed by atoms with van der Waals surface area (Å²) in [5, 5.41) is 0.125. The fourth-order valence-corrected chi connectivity index (χ4v) is 1.63. The van der Waals surface area contributed by atoms with E-state index in [-0.39, 0.29) is 29.1 Å². The van der Waals surface area contributed by atoms with Crippen LogP contribution in [0.15, 0.2) is 6.20 Å². The number of methoxy groups -OCH3 is 1. The molecule has 0 aromatic carbocycles. The molecule has 1 aromatic rings. The number of alkyl halides is 2. The van der Waals surface area contributed by atoms with Crippen molar-refractivity contribution in [2.24, 2.45) is 5.73 Å². The summed E-state index contributed by atoms with van der Waals surface area (Å²) in [5.74, 6) is -0.576. The van der Waals surface area contributed by atoms with Gasteiger partial charge >= 0.3 is 5.97 Å². The van der Waals surface area contributed by atoms with E-state index < -0.39 is 18.1 Å². The van der Waals surface area contributed by atoms with Gasteiger partial charge in [-0.15, -0.1) is 0 Å². The Morgan fingerprint density at radius 1 is 1.59 bits per heavy atom. The number of hydrogen-bond acceptors (Lipinski definition) is 4. The number of nitrogens with two attached hydrogens (primary N) is 1. The normalized spacial score (nSPS) is 10.7. The fraction of sp³-hybridized carbons (Fsp3) is 0.400. The van der Waals surface area contributed by atoms with E-state index in [4.69, 9.17) is 17.3 Å². The molecule has 0 aliphatic rings. The van der Waals surface area contributed by atoms with Gasteiger partial charge in [0.2, 0.25) is 0 Å². The van der Waals surface area contributed by atoms with E-state index in [0.29, 0.717) is 0 Å². The number of aromatic nitrogens is 1. The summed E-state index contributed by atoms with van der Waals surface area (Å²) in [6, 6.07) is 0. The van der Waals surface area contributed by atoms with Crippen LogP contribution in [-0.2, 0) is 22.5 Å². The average Bonchev–Trinajstić information content (AvgIpc) is 2.30. The molecule has 2 N–H and O–H groups in total. The number of halogens is 3. The smallest absolute Gasteiger partial charge is 0.310 e. The molecule has 0 saturated heterocycles. The molecule has 0 spiro atoms. The second-order valence-electron chi connectivity index (χ2n) is 3.21. The van der Waals surface area contributed by atoms with Crippen molar-refractivity contribution in [3.63, 3.8) is 0 Å². The van der Waals surface area contributed by atoms with Crippen molar-refractivity contribution in [1.29, 1.82) is 0 Å². The molecule has 0 fully saturated rings. The Labute approximate surface area is 102 Å². The van der Waals surface area contributed by atoms with Crippen molar-refractivity contribution < 1.29 is 18.3 Å². The lowest BCUT2D eigenvalue weighted by Crippen LogP contribution is -2.13. The SMILES string of the molecule is COC(=O)Cc1c(Cl)cnc(C(F)F)c1CN. The van der Waals surface area contributed by atoms with Crippen LogP contribution in [0.25, 0.3) is 0 Å². The van der Waals surface area contributed by atoms with E-state index in [1.54, 1.807) is 0 Å². The van der Waals surface area contributed by atoms with Gasteiger partial charge in [-0.05, 0) is 11.1 Å². The van der Waals surface area contributed by atoms with Crippen LogP contribution in [-0.4, -0.2) is 18.1 Å². The van der Waals surface area contributed by atoms with Crippen LogP contribution in [0.4, 0.5) is 8.78 Å². The van der Waals surface area contributed by atoms with E-state index in [1.807, 2.05) is 0 Å². The van der Waals surface area contributed by atoms with Crippen molar-refractivity contribution in [2.75, 3.05) is 7.11 Å². The monoisotopic (exact) mass is 264 g/mol. The quantitative estimate of drug-likeness (QED) is 0.843. The van der Waals surface area contributed by atoms with Crippen LogP contribution in [0.1, 0.15) is 23.2 Å². The molecule has 0 amide bonds. The molecule has 17 heavy (non-hydrogen) atoms. The predicted molar refractivity (Wildman–Crippen MR) is 57.8 cm³/mol. The Morgan fingerprint density at radius 3 is 2.71 bits per heavy atom. The first-order valence-corrected chi connectivity index (χ1v) is 5.10. The highest BCUT2D eigenvalue weighted by Crippen LogP contribution is 2.28. The number of carbonyl (C=O) groups is 1. The van der Waals surface area contributed by atoms with Crippen molar-refractivity contribution in [3.8, 4) is 0 Å². The third-order valence-corrected chi connectivity index (χ3v) is 2.56. The lowest BCUT2D eigenvalue weighted by atomic mass is 10.0. The lowest BCUT2D eigenvalue weighted by Gasteiger charge is -2.12. The maximum atomic E-state index is 12.7. The van der Waals surface area contributed by atoms with Crippen LogP contribution in [0.2, 0.25) is 5.02 Å². The van der Waals surface area contributed by atoms with Crippen molar-refractivity contribution in [2.45, 2.75) is 19.4 Å². The molecule has 7 heteroatoms. The van der Waals surface area contributed by atoms with E-state index >= 15 is 0 Å². The molecule has 1 heterocycles. The molecule has 1 rings (SSSR count). The van der Waals surface area contributed by atoms with Gasteiger partial charge in [-0.25, -0.2) is 8.78 Å². The van der Waals surface area contributed by atoms with E-state index in [1.165, 1.54) is 7.11 Å². The number of nitrogens with zero attached hydrogens (tertiary/aromatic N) is 1. The third-order valence-electron chi connectivity index (χ3n) is 2.24. The average molecular weight is 265 g/mol. The van der Waals surface area contributed by atoms with Gasteiger partial charge in [0.15, 0.2) is 0 Å². The van der Waals surface area contributed by atoms with Crippen LogP contribution < -0.4 is 5.73 Å². The minimum Gasteiger partial charge on any atom is -0.469 e. The van der Waals surface area contributed by atoms with Gasteiger partial charge < -0.3 is 10.5 Å². The summed E-state index contributed by atoms with van der Waals surface area (Å²) in [4.78, 5) is 14.7. The van der Waals surface area contributed by atoms with Gasteiger partial charge in [0.05, 0.1) is 18.6 Å². The number of ether oxygens (including phenoxy) is 1. The number of esters is 1. The number of carbonyl (C=O) groups excluding carboxylic acids is 1. The maximum absolute atomic E-state index is 12.7. The topological polar surface area (TPSA) is 65.2 Å². The number of rotatable bonds is 4. The molecule has 94 valence electrons. The molecule has 0 bridgehead atoms. The van der Waals surface area contributed by atoms with Crippen LogP contribution >= 0.6 is 11.6 Å². The standard InChI is InChI=1S/C10H11ClF2N2O2/c1-17-8(16)2-5-6(3-14)9(10(12)13)15-4-7(5)11/h4,10H,2-3,14H2,1H3. The lowest BCUT2D eigenvalue weighted by molar-refractivity contribution is -0.139. The predicted octanol–water partition coefficient (Wildman–Crippen LogP) is 1.85. The number of pyridine rings is 1. The Balaban J connectivity index is 3.25. The van der Waals surface area contributed by atoms with E-state index in [0.717, 1.165) is 6.20 Å². The molecule has 0 atom stereocenters. The highest BCUT2D eigenvalue weighted by Gasteiger charge is 2.21. The minimum absolute atomic E-state index is 0.0953.